The Bertz CT molecular complexity index is 3420. The van der Waals surface area contributed by atoms with Gasteiger partial charge in [-0.15, -0.1) is 0 Å². The summed E-state index contributed by atoms with van der Waals surface area (Å²) in [6.45, 7) is 4.45. The Morgan fingerprint density at radius 1 is 0.407 bits per heavy atom. The molecule has 0 aliphatic heterocycles. The number of hydrogen-bond donors (Lipinski definition) is 0. The van der Waals surface area contributed by atoms with Crippen molar-refractivity contribution < 1.29 is 0 Å². The van der Waals surface area contributed by atoms with Crippen molar-refractivity contribution in [2.24, 2.45) is 0 Å². The summed E-state index contributed by atoms with van der Waals surface area (Å²) in [7, 11) is 0. The number of aromatic nitrogens is 1. The first kappa shape index (κ1) is 33.7. The van der Waals surface area contributed by atoms with Gasteiger partial charge >= 0.3 is 0 Å². The van der Waals surface area contributed by atoms with Crippen LogP contribution in [0.25, 0.3) is 82.6 Å². The quantitative estimate of drug-likeness (QED) is 0.164. The van der Waals surface area contributed by atoms with Crippen molar-refractivity contribution in [1.82, 2.24) is 4.40 Å². The van der Waals surface area contributed by atoms with Crippen LogP contribution in [0.4, 0.5) is 17.1 Å². The SMILES string of the molecule is Cc1ccccc1-c1c(C)cccc1N(c1ccc(-c2ccccc2)cc1)c1ccc2c(c1)Cc1cc(-c3cccc4c3c3cccc5c6ccccc6n4c53)ccc1-2. The Kier molecular flexibility index (Phi) is 7.46. The van der Waals surface area contributed by atoms with Crippen LogP contribution in [0.3, 0.4) is 0 Å². The van der Waals surface area contributed by atoms with Gasteiger partial charge in [0.1, 0.15) is 0 Å². The number of nitrogens with zero attached hydrogens (tertiary/aromatic N) is 2. The second-order valence-corrected chi connectivity index (χ2v) is 16.2. The summed E-state index contributed by atoms with van der Waals surface area (Å²) in [5.74, 6) is 0. The minimum atomic E-state index is 0.890. The maximum absolute atomic E-state index is 2.48. The first-order valence-corrected chi connectivity index (χ1v) is 20.6. The largest absolute Gasteiger partial charge is 0.310 e. The van der Waals surface area contributed by atoms with Crippen LogP contribution >= 0.6 is 0 Å². The minimum absolute atomic E-state index is 0.890. The molecule has 0 atom stereocenters. The van der Waals surface area contributed by atoms with E-state index in [-0.39, 0.29) is 0 Å². The van der Waals surface area contributed by atoms with Gasteiger partial charge in [-0.3, -0.25) is 0 Å². The Hall–Kier alpha value is -7.42. The lowest BCUT2D eigenvalue weighted by atomic mass is 9.93. The van der Waals surface area contributed by atoms with E-state index in [1.807, 2.05) is 0 Å². The van der Waals surface area contributed by atoms with Crippen molar-refractivity contribution in [3.8, 4) is 44.5 Å². The van der Waals surface area contributed by atoms with Crippen LogP contribution in [0.15, 0.2) is 194 Å². The number of hydrogen-bond acceptors (Lipinski definition) is 1. The zero-order valence-corrected chi connectivity index (χ0v) is 33.1. The Morgan fingerprint density at radius 2 is 1.02 bits per heavy atom. The topological polar surface area (TPSA) is 7.65 Å². The smallest absolute Gasteiger partial charge is 0.0620 e. The van der Waals surface area contributed by atoms with Gasteiger partial charge in [0.15, 0.2) is 0 Å². The summed E-state index contributed by atoms with van der Waals surface area (Å²) in [5, 5.41) is 5.27. The fraction of sp³-hybridized carbons (Fsp3) is 0.0526. The summed E-state index contributed by atoms with van der Waals surface area (Å²) in [4.78, 5) is 2.46. The molecule has 2 aromatic heterocycles. The standard InChI is InChI=1S/C57H40N2/c1-36-13-6-7-17-45(36)55-37(2)14-10-23-53(55)58(43-28-25-39(26-29-43)38-15-4-3-5-16-38)44-30-32-47-42(35-44)34-41-33-40(27-31-46(41)47)48-19-12-24-54-56(48)51-21-11-20-50-49-18-8-9-22-52(49)59(54)57(50)51/h3-33,35H,34H2,1-2H3. The molecule has 0 saturated heterocycles. The number of aryl methyl sites for hydroxylation is 2. The normalized spacial score (nSPS) is 12.2. The molecule has 0 saturated carbocycles. The second-order valence-electron chi connectivity index (χ2n) is 16.2. The highest BCUT2D eigenvalue weighted by Crippen LogP contribution is 2.48. The summed E-state index contributed by atoms with van der Waals surface area (Å²) in [5.41, 5.74) is 22.7. The third-order valence-electron chi connectivity index (χ3n) is 12.8. The lowest BCUT2D eigenvalue weighted by molar-refractivity contribution is 1.23. The maximum Gasteiger partial charge on any atom is 0.0620 e. The van der Waals surface area contributed by atoms with Gasteiger partial charge in [-0.1, -0.05) is 152 Å². The van der Waals surface area contributed by atoms with E-state index >= 15 is 0 Å². The van der Waals surface area contributed by atoms with Gasteiger partial charge < -0.3 is 9.30 Å². The number of anilines is 3. The molecule has 0 spiro atoms. The summed E-state index contributed by atoms with van der Waals surface area (Å²) in [6.07, 6.45) is 0.890. The molecule has 1 aliphatic rings. The third kappa shape index (κ3) is 5.13. The Balaban J connectivity index is 0.975. The van der Waals surface area contributed by atoms with Crippen molar-refractivity contribution in [2.75, 3.05) is 4.90 Å². The predicted molar refractivity (Wildman–Crippen MR) is 250 cm³/mol. The van der Waals surface area contributed by atoms with E-state index in [0.717, 1.165) is 17.8 Å². The third-order valence-corrected chi connectivity index (χ3v) is 12.8. The molecule has 9 aromatic carbocycles. The number of para-hydroxylation sites is 2. The highest BCUT2D eigenvalue weighted by atomic mass is 15.1. The molecule has 0 fully saturated rings. The van der Waals surface area contributed by atoms with E-state index in [2.05, 4.69) is 217 Å². The molecule has 0 N–H and O–H groups in total. The molecule has 2 nitrogen and oxygen atoms in total. The van der Waals surface area contributed by atoms with Crippen LogP contribution in [-0.4, -0.2) is 4.40 Å². The molecule has 0 bridgehead atoms. The molecule has 1 aliphatic carbocycles. The molecule has 2 heteroatoms. The molecule has 59 heavy (non-hydrogen) atoms. The predicted octanol–water partition coefficient (Wildman–Crippen LogP) is 15.5. The van der Waals surface area contributed by atoms with Gasteiger partial charge in [-0.25, -0.2) is 0 Å². The van der Waals surface area contributed by atoms with Crippen molar-refractivity contribution in [3.63, 3.8) is 0 Å². The van der Waals surface area contributed by atoms with Gasteiger partial charge in [-0.2, -0.15) is 0 Å². The van der Waals surface area contributed by atoms with Crippen LogP contribution in [0.2, 0.25) is 0 Å². The van der Waals surface area contributed by atoms with E-state index in [1.165, 1.54) is 111 Å². The molecule has 0 amide bonds. The van der Waals surface area contributed by atoms with Gasteiger partial charge in [0.25, 0.3) is 0 Å². The zero-order chi connectivity index (χ0) is 39.2. The molecule has 2 heterocycles. The number of rotatable bonds is 6. The number of fused-ring (bicyclic) bond motifs is 9. The first-order valence-electron chi connectivity index (χ1n) is 20.6. The van der Waals surface area contributed by atoms with Crippen LogP contribution in [-0.2, 0) is 6.42 Å². The highest BCUT2D eigenvalue weighted by Gasteiger charge is 2.25. The second kappa shape index (κ2) is 13.1. The van der Waals surface area contributed by atoms with E-state index in [4.69, 9.17) is 0 Å². The monoisotopic (exact) mass is 752 g/mol. The van der Waals surface area contributed by atoms with E-state index < -0.39 is 0 Å². The minimum Gasteiger partial charge on any atom is -0.310 e. The molecule has 278 valence electrons. The van der Waals surface area contributed by atoms with Crippen molar-refractivity contribution in [3.05, 3.63) is 216 Å². The molecule has 0 radical (unpaired) electrons. The molecule has 11 aromatic rings. The van der Waals surface area contributed by atoms with Gasteiger partial charge in [0.05, 0.1) is 22.2 Å². The summed E-state index contributed by atoms with van der Waals surface area (Å²) < 4.78 is 2.48. The van der Waals surface area contributed by atoms with E-state index in [9.17, 15) is 0 Å². The lowest BCUT2D eigenvalue weighted by Gasteiger charge is -2.29. The van der Waals surface area contributed by atoms with E-state index in [1.54, 1.807) is 0 Å². The maximum atomic E-state index is 2.48. The van der Waals surface area contributed by atoms with Crippen molar-refractivity contribution >= 4 is 55.2 Å². The van der Waals surface area contributed by atoms with Crippen LogP contribution in [0.5, 0.6) is 0 Å². The highest BCUT2D eigenvalue weighted by molar-refractivity contribution is 6.25. The molecular formula is C57H40N2. The Labute approximate surface area is 344 Å². The molecule has 0 unspecified atom stereocenters. The number of benzene rings is 9. The molecule has 12 rings (SSSR count). The first-order chi connectivity index (χ1) is 29.1. The van der Waals surface area contributed by atoms with E-state index in [0.29, 0.717) is 0 Å². The fourth-order valence-corrected chi connectivity index (χ4v) is 10.1. The van der Waals surface area contributed by atoms with Crippen LogP contribution in [0, 0.1) is 13.8 Å². The molecular weight excluding hydrogens is 713 g/mol. The summed E-state index contributed by atoms with van der Waals surface area (Å²) >= 11 is 0. The zero-order valence-electron chi connectivity index (χ0n) is 33.1. The van der Waals surface area contributed by atoms with Crippen molar-refractivity contribution in [2.45, 2.75) is 20.3 Å². The van der Waals surface area contributed by atoms with Crippen LogP contribution in [0.1, 0.15) is 22.3 Å². The van der Waals surface area contributed by atoms with Gasteiger partial charge in [0.2, 0.25) is 0 Å². The van der Waals surface area contributed by atoms with Crippen LogP contribution < -0.4 is 4.90 Å². The average molecular weight is 753 g/mol. The summed E-state index contributed by atoms with van der Waals surface area (Å²) in [6, 6.07) is 71.9. The Morgan fingerprint density at radius 3 is 1.88 bits per heavy atom. The lowest BCUT2D eigenvalue weighted by Crippen LogP contribution is -2.12. The fourth-order valence-electron chi connectivity index (χ4n) is 10.1. The average Bonchev–Trinajstić information content (AvgIpc) is 3.94. The van der Waals surface area contributed by atoms with Crippen molar-refractivity contribution in [1.29, 1.82) is 0 Å². The van der Waals surface area contributed by atoms with Gasteiger partial charge in [0, 0.05) is 38.5 Å². The van der Waals surface area contributed by atoms with Gasteiger partial charge in [-0.05, 0) is 124 Å².